The van der Waals surface area contributed by atoms with E-state index in [1.54, 1.807) is 23.5 Å². The highest BCUT2D eigenvalue weighted by atomic mass is 32.2. The molecule has 32 heavy (non-hydrogen) atoms. The van der Waals surface area contributed by atoms with Gasteiger partial charge in [-0.3, -0.25) is 4.55 Å². The molecule has 0 aromatic heterocycles. The van der Waals surface area contributed by atoms with Gasteiger partial charge in [0.15, 0.2) is 11.5 Å². The van der Waals surface area contributed by atoms with Crippen molar-refractivity contribution in [2.45, 2.75) is 63.8 Å². The molecule has 0 amide bonds. The van der Waals surface area contributed by atoms with E-state index in [4.69, 9.17) is 23.5 Å². The van der Waals surface area contributed by atoms with Crippen molar-refractivity contribution in [1.82, 2.24) is 0 Å². The van der Waals surface area contributed by atoms with Gasteiger partial charge in [-0.2, -0.15) is 17.2 Å². The third-order valence-electron chi connectivity index (χ3n) is 7.16. The molecule has 4 saturated carbocycles. The van der Waals surface area contributed by atoms with Crippen molar-refractivity contribution in [2.24, 2.45) is 17.8 Å². The number of esters is 2. The van der Waals surface area contributed by atoms with Crippen LogP contribution in [0.15, 0.2) is 0 Å². The van der Waals surface area contributed by atoms with Gasteiger partial charge in [-0.05, 0) is 49.9 Å². The van der Waals surface area contributed by atoms with Crippen molar-refractivity contribution in [3.05, 3.63) is 0 Å². The minimum Gasteiger partial charge on any atom is -0.454 e. The Morgan fingerprint density at radius 1 is 1.25 bits per heavy atom. The smallest absolute Gasteiger partial charge is 0.454 e. The second-order valence-electron chi connectivity index (χ2n) is 9.13. The largest absolute Gasteiger partial charge is 0.465 e. The summed E-state index contributed by atoms with van der Waals surface area (Å²) in [5.41, 5.74) is -1.58. The van der Waals surface area contributed by atoms with Gasteiger partial charge in [-0.15, -0.1) is 11.8 Å². The lowest BCUT2D eigenvalue weighted by atomic mass is 9.53. The monoisotopic (exact) mass is 516 g/mol. The Bertz CT molecular complexity index is 926. The summed E-state index contributed by atoms with van der Waals surface area (Å²) in [6, 6.07) is 0. The number of methoxy groups -OCH3 is 1. The fourth-order valence-electron chi connectivity index (χ4n) is 6.19. The minimum absolute atomic E-state index is 0.00304. The number of carbonyl (C=O) groups is 2. The van der Waals surface area contributed by atoms with E-state index in [0.717, 1.165) is 12.8 Å². The number of carbonyl (C=O) groups excluding carboxylic acids is 2. The van der Waals surface area contributed by atoms with Crippen molar-refractivity contribution in [3.63, 3.8) is 0 Å². The van der Waals surface area contributed by atoms with Crippen LogP contribution in [0.4, 0.5) is 8.78 Å². The van der Waals surface area contributed by atoms with E-state index in [2.05, 4.69) is 0 Å². The molecule has 14 heteroatoms. The van der Waals surface area contributed by atoms with E-state index < -0.39 is 44.5 Å². The van der Waals surface area contributed by atoms with E-state index in [9.17, 15) is 26.8 Å². The molecule has 0 aromatic carbocycles. The van der Waals surface area contributed by atoms with Crippen molar-refractivity contribution in [1.29, 1.82) is 0 Å². The number of fused-ring (bicyclic) bond motifs is 1. The van der Waals surface area contributed by atoms with Crippen molar-refractivity contribution < 1.29 is 50.3 Å². The number of hydrogen-bond acceptors (Lipinski definition) is 10. The molecule has 2 aliphatic heterocycles. The second kappa shape index (κ2) is 7.41. The van der Waals surface area contributed by atoms with E-state index >= 15 is 0 Å². The first kappa shape index (κ1) is 23.1. The number of hydrogen-bond donors (Lipinski definition) is 1. The molecular formula is C18H22F2O9S3. The molecule has 180 valence electrons. The predicted molar refractivity (Wildman–Crippen MR) is 107 cm³/mol. The Labute approximate surface area is 191 Å². The summed E-state index contributed by atoms with van der Waals surface area (Å²) in [5, 5.41) is -5.25. The molecule has 6 fully saturated rings. The number of rotatable bonds is 6. The van der Waals surface area contributed by atoms with Gasteiger partial charge in [0, 0.05) is 7.11 Å². The highest BCUT2D eigenvalue weighted by Gasteiger charge is 2.71. The van der Waals surface area contributed by atoms with Crippen LogP contribution in [0.3, 0.4) is 0 Å². The number of thioether (sulfide) groups is 2. The normalized spacial score (nSPS) is 44.7. The highest BCUT2D eigenvalue weighted by Crippen LogP contribution is 2.74. The standard InChI is InChI=1S/C18H22F2O9S3/c1-26-7-27-11-12-14(28-13(11)21)31-17(30-12)9-2-8-3-10(17)6-16(4-8,5-9)29-15(22)18(19,20)32(23,24)25/h8-12,14H,2-7H2,1H3,(H,23,24,25). The summed E-state index contributed by atoms with van der Waals surface area (Å²) < 4.78 is 79.2. The topological polar surface area (TPSA) is 125 Å². The zero-order valence-corrected chi connectivity index (χ0v) is 19.4. The van der Waals surface area contributed by atoms with Gasteiger partial charge in [0.2, 0.25) is 0 Å². The molecule has 1 spiro atoms. The van der Waals surface area contributed by atoms with Crippen molar-refractivity contribution in [3.8, 4) is 0 Å². The van der Waals surface area contributed by atoms with Gasteiger partial charge >= 0.3 is 27.3 Å². The first-order chi connectivity index (χ1) is 14.9. The Kier molecular flexibility index (Phi) is 5.35. The molecule has 2 saturated heterocycles. The molecule has 0 radical (unpaired) electrons. The van der Waals surface area contributed by atoms with Crippen LogP contribution in [0.25, 0.3) is 0 Å². The van der Waals surface area contributed by atoms with E-state index in [1.165, 1.54) is 7.11 Å². The first-order valence-corrected chi connectivity index (χ1v) is 13.4. The average Bonchev–Trinajstić information content (AvgIpc) is 3.17. The summed E-state index contributed by atoms with van der Waals surface area (Å²) >= 11 is 3.18. The van der Waals surface area contributed by atoms with Gasteiger partial charge in [-0.25, -0.2) is 9.59 Å². The number of ether oxygens (including phenoxy) is 4. The summed E-state index contributed by atoms with van der Waals surface area (Å²) in [4.78, 5) is 24.2. The minimum atomic E-state index is -5.93. The van der Waals surface area contributed by atoms with Crippen LogP contribution in [0.1, 0.15) is 32.1 Å². The third kappa shape index (κ3) is 3.31. The molecule has 4 bridgehead atoms. The lowest BCUT2D eigenvalue weighted by molar-refractivity contribution is -0.202. The van der Waals surface area contributed by atoms with Gasteiger partial charge in [0.25, 0.3) is 0 Å². The van der Waals surface area contributed by atoms with Crippen molar-refractivity contribution in [2.75, 3.05) is 13.9 Å². The van der Waals surface area contributed by atoms with Gasteiger partial charge in [-0.1, -0.05) is 11.8 Å². The lowest BCUT2D eigenvalue weighted by Crippen LogP contribution is -2.62. The molecule has 1 N–H and O–H groups in total. The van der Waals surface area contributed by atoms with E-state index in [-0.39, 0.29) is 33.9 Å². The number of alkyl halides is 2. The molecule has 5 atom stereocenters. The van der Waals surface area contributed by atoms with Crippen LogP contribution < -0.4 is 0 Å². The average molecular weight is 517 g/mol. The molecule has 5 unspecified atom stereocenters. The third-order valence-corrected chi connectivity index (χ3v) is 12.2. The maximum atomic E-state index is 13.8. The Morgan fingerprint density at radius 3 is 2.50 bits per heavy atom. The fourth-order valence-corrected chi connectivity index (χ4v) is 10.8. The Morgan fingerprint density at radius 2 is 1.91 bits per heavy atom. The summed E-state index contributed by atoms with van der Waals surface area (Å²) in [6.07, 6.45) is 1.90. The summed E-state index contributed by atoms with van der Waals surface area (Å²) in [6.45, 7) is -0.0445. The maximum Gasteiger partial charge on any atom is 0.465 e. The second-order valence-corrected chi connectivity index (χ2v) is 13.7. The molecule has 4 aliphatic carbocycles. The molecule has 9 nitrogen and oxygen atoms in total. The molecule has 0 aromatic rings. The van der Waals surface area contributed by atoms with Gasteiger partial charge in [0.1, 0.15) is 12.4 Å². The van der Waals surface area contributed by atoms with Gasteiger partial charge < -0.3 is 18.9 Å². The SMILES string of the molecule is COCOC1C(=O)OC2SC3(SC21)C1CC2CC3CC(OC(=O)C(F)(F)S(=O)(=O)O)(C2)C1. The van der Waals surface area contributed by atoms with Crippen LogP contribution in [-0.2, 0) is 38.7 Å². The van der Waals surface area contributed by atoms with E-state index in [0.29, 0.717) is 19.3 Å². The quantitative estimate of drug-likeness (QED) is 0.317. The maximum absolute atomic E-state index is 13.8. The first-order valence-electron chi connectivity index (χ1n) is 10.2. The predicted octanol–water partition coefficient (Wildman–Crippen LogP) is 2.01. The Hall–Kier alpha value is -0.670. The molecule has 6 aliphatic rings. The highest BCUT2D eigenvalue weighted by molar-refractivity contribution is 8.22. The lowest BCUT2D eigenvalue weighted by Gasteiger charge is -2.63. The Balaban J connectivity index is 1.36. The molecule has 2 heterocycles. The van der Waals surface area contributed by atoms with Crippen LogP contribution in [-0.4, -0.2) is 70.5 Å². The van der Waals surface area contributed by atoms with E-state index in [1.807, 2.05) is 0 Å². The summed E-state index contributed by atoms with van der Waals surface area (Å²) in [7, 11) is -4.47. The zero-order chi connectivity index (χ0) is 23.1. The fraction of sp³-hybridized carbons (Fsp3) is 0.889. The van der Waals surface area contributed by atoms with Crippen LogP contribution in [0.2, 0.25) is 0 Å². The summed E-state index contributed by atoms with van der Waals surface area (Å²) in [5.74, 6) is -2.50. The number of halogens is 2. The van der Waals surface area contributed by atoms with Crippen LogP contribution in [0.5, 0.6) is 0 Å². The molecular weight excluding hydrogens is 494 g/mol. The molecule has 6 rings (SSSR count). The van der Waals surface area contributed by atoms with Gasteiger partial charge in [0.05, 0.1) is 9.33 Å². The van der Waals surface area contributed by atoms with Crippen molar-refractivity contribution >= 4 is 45.6 Å². The zero-order valence-electron chi connectivity index (χ0n) is 16.9. The van der Waals surface area contributed by atoms with Crippen LogP contribution >= 0.6 is 23.5 Å². The van der Waals surface area contributed by atoms with Crippen LogP contribution in [0, 0.1) is 17.8 Å².